The van der Waals surface area contributed by atoms with Gasteiger partial charge in [-0.05, 0) is 48.9 Å². The van der Waals surface area contributed by atoms with E-state index in [1.807, 2.05) is 12.4 Å². The maximum absolute atomic E-state index is 5.45. The first-order valence-corrected chi connectivity index (χ1v) is 6.46. The fourth-order valence-corrected chi connectivity index (χ4v) is 2.93. The number of hydrogen-bond donors (Lipinski definition) is 1. The van der Waals surface area contributed by atoms with Gasteiger partial charge < -0.3 is 9.72 Å². The van der Waals surface area contributed by atoms with Crippen LogP contribution in [0.2, 0.25) is 0 Å². The topological polar surface area (TPSA) is 37.9 Å². The highest BCUT2D eigenvalue weighted by Crippen LogP contribution is 2.38. The molecule has 94 valence electrons. The van der Waals surface area contributed by atoms with Gasteiger partial charge in [-0.25, -0.2) is 4.98 Å². The van der Waals surface area contributed by atoms with Crippen molar-refractivity contribution in [3.05, 3.63) is 47.0 Å². The molecule has 1 aliphatic rings. The molecule has 0 fully saturated rings. The number of hydrogen-bond acceptors (Lipinski definition) is 2. The molecule has 3 nitrogen and oxygen atoms in total. The molecule has 1 aliphatic carbocycles. The number of fused-ring (bicyclic) bond motifs is 1. The largest absolute Gasteiger partial charge is 0.496 e. The van der Waals surface area contributed by atoms with Gasteiger partial charge in [-0.3, -0.25) is 0 Å². The molecule has 1 unspecified atom stereocenters. The van der Waals surface area contributed by atoms with Crippen LogP contribution in [0.15, 0.2) is 24.5 Å². The van der Waals surface area contributed by atoms with Gasteiger partial charge in [-0.2, -0.15) is 0 Å². The second kappa shape index (κ2) is 4.48. The lowest BCUT2D eigenvalue weighted by atomic mass is 9.81. The van der Waals surface area contributed by atoms with E-state index in [0.29, 0.717) is 5.92 Å². The van der Waals surface area contributed by atoms with Crippen LogP contribution in [-0.4, -0.2) is 17.1 Å². The minimum atomic E-state index is 0.387. The third-order valence-electron chi connectivity index (χ3n) is 3.82. The van der Waals surface area contributed by atoms with Crippen LogP contribution in [0.1, 0.15) is 41.3 Å². The zero-order chi connectivity index (χ0) is 12.5. The monoisotopic (exact) mass is 242 g/mol. The van der Waals surface area contributed by atoms with Crippen LogP contribution < -0.4 is 4.74 Å². The molecule has 0 radical (unpaired) electrons. The summed E-state index contributed by atoms with van der Waals surface area (Å²) >= 11 is 0. The number of benzene rings is 1. The lowest BCUT2D eigenvalue weighted by Crippen LogP contribution is -2.13. The van der Waals surface area contributed by atoms with Crippen LogP contribution in [0, 0.1) is 6.92 Å². The molecule has 2 aromatic rings. The van der Waals surface area contributed by atoms with E-state index in [1.165, 1.54) is 23.1 Å². The van der Waals surface area contributed by atoms with Gasteiger partial charge in [-0.1, -0.05) is 6.07 Å². The highest BCUT2D eigenvalue weighted by molar-refractivity contribution is 5.46. The maximum atomic E-state index is 5.45. The van der Waals surface area contributed by atoms with E-state index in [9.17, 15) is 0 Å². The minimum absolute atomic E-state index is 0.387. The van der Waals surface area contributed by atoms with Gasteiger partial charge in [0.15, 0.2) is 0 Å². The molecular weight excluding hydrogens is 224 g/mol. The van der Waals surface area contributed by atoms with Crippen LogP contribution in [0.3, 0.4) is 0 Å². The van der Waals surface area contributed by atoms with E-state index < -0.39 is 0 Å². The number of nitrogens with one attached hydrogen (secondary N) is 1. The standard InChI is InChI=1S/C15H18N2O/c1-10-8-11-4-3-5-12(15-16-6-7-17-15)13(11)9-14(10)18-2/h6-9,12H,3-5H2,1-2H3,(H,16,17). The van der Waals surface area contributed by atoms with Gasteiger partial charge in [-0.15, -0.1) is 0 Å². The summed E-state index contributed by atoms with van der Waals surface area (Å²) in [4.78, 5) is 7.67. The Morgan fingerprint density at radius 3 is 3.00 bits per heavy atom. The van der Waals surface area contributed by atoms with E-state index in [4.69, 9.17) is 4.74 Å². The zero-order valence-corrected chi connectivity index (χ0v) is 10.9. The molecule has 1 heterocycles. The number of ether oxygens (including phenoxy) is 1. The van der Waals surface area contributed by atoms with Gasteiger partial charge in [0, 0.05) is 18.3 Å². The number of rotatable bonds is 2. The van der Waals surface area contributed by atoms with Crippen molar-refractivity contribution in [2.75, 3.05) is 7.11 Å². The van der Waals surface area contributed by atoms with E-state index in [1.54, 1.807) is 7.11 Å². The number of methoxy groups -OCH3 is 1. The quantitative estimate of drug-likeness (QED) is 0.878. The van der Waals surface area contributed by atoms with Gasteiger partial charge in [0.05, 0.1) is 7.11 Å². The van der Waals surface area contributed by atoms with E-state index >= 15 is 0 Å². The molecule has 0 saturated heterocycles. The van der Waals surface area contributed by atoms with Crippen LogP contribution in [0.5, 0.6) is 5.75 Å². The fourth-order valence-electron chi connectivity index (χ4n) is 2.93. The number of aromatic amines is 1. The molecule has 3 heteroatoms. The second-order valence-corrected chi connectivity index (χ2v) is 4.94. The van der Waals surface area contributed by atoms with Crippen molar-refractivity contribution in [3.63, 3.8) is 0 Å². The zero-order valence-electron chi connectivity index (χ0n) is 10.9. The summed E-state index contributed by atoms with van der Waals surface area (Å²) in [6, 6.07) is 4.46. The third-order valence-corrected chi connectivity index (χ3v) is 3.82. The average molecular weight is 242 g/mol. The molecular formula is C15H18N2O. The fraction of sp³-hybridized carbons (Fsp3) is 0.400. The maximum Gasteiger partial charge on any atom is 0.122 e. The number of aromatic nitrogens is 2. The molecule has 0 aliphatic heterocycles. The summed E-state index contributed by atoms with van der Waals surface area (Å²) in [5.41, 5.74) is 4.04. The molecule has 1 atom stereocenters. The number of aryl methyl sites for hydroxylation is 2. The first-order chi connectivity index (χ1) is 8.79. The molecule has 1 aromatic heterocycles. The summed E-state index contributed by atoms with van der Waals surface area (Å²) < 4.78 is 5.45. The number of imidazole rings is 1. The van der Waals surface area contributed by atoms with Crippen LogP contribution in [0.25, 0.3) is 0 Å². The highest BCUT2D eigenvalue weighted by atomic mass is 16.5. The van der Waals surface area contributed by atoms with Gasteiger partial charge in [0.2, 0.25) is 0 Å². The van der Waals surface area contributed by atoms with Crippen molar-refractivity contribution in [1.29, 1.82) is 0 Å². The molecule has 0 saturated carbocycles. The second-order valence-electron chi connectivity index (χ2n) is 4.94. The Balaban J connectivity index is 2.09. The average Bonchev–Trinajstić information content (AvgIpc) is 2.90. The van der Waals surface area contributed by atoms with Crippen LogP contribution in [0.4, 0.5) is 0 Å². The van der Waals surface area contributed by atoms with Gasteiger partial charge in [0.25, 0.3) is 0 Å². The molecule has 3 rings (SSSR count). The van der Waals surface area contributed by atoms with Crippen LogP contribution in [-0.2, 0) is 6.42 Å². The Labute approximate surface area is 107 Å². The number of nitrogens with zero attached hydrogens (tertiary/aromatic N) is 1. The smallest absolute Gasteiger partial charge is 0.122 e. The lowest BCUT2D eigenvalue weighted by molar-refractivity contribution is 0.409. The summed E-state index contributed by atoms with van der Waals surface area (Å²) in [6.07, 6.45) is 7.28. The van der Waals surface area contributed by atoms with E-state index in [-0.39, 0.29) is 0 Å². The predicted octanol–water partition coefficient (Wildman–Crippen LogP) is 3.19. The Morgan fingerprint density at radius 1 is 1.39 bits per heavy atom. The molecule has 1 aromatic carbocycles. The van der Waals surface area contributed by atoms with Crippen molar-refractivity contribution < 1.29 is 4.74 Å². The van der Waals surface area contributed by atoms with E-state index in [2.05, 4.69) is 29.0 Å². The van der Waals surface area contributed by atoms with Crippen molar-refractivity contribution in [2.45, 2.75) is 32.1 Å². The predicted molar refractivity (Wildman–Crippen MR) is 71.1 cm³/mol. The van der Waals surface area contributed by atoms with Gasteiger partial charge >= 0.3 is 0 Å². The van der Waals surface area contributed by atoms with Crippen molar-refractivity contribution in [1.82, 2.24) is 9.97 Å². The Morgan fingerprint density at radius 2 is 2.28 bits per heavy atom. The Kier molecular flexibility index (Phi) is 2.82. The lowest BCUT2D eigenvalue weighted by Gasteiger charge is -2.25. The number of H-pyrrole nitrogens is 1. The molecule has 0 spiro atoms. The summed E-state index contributed by atoms with van der Waals surface area (Å²) in [5.74, 6) is 2.44. The van der Waals surface area contributed by atoms with Gasteiger partial charge in [0.1, 0.15) is 11.6 Å². The molecule has 18 heavy (non-hydrogen) atoms. The third kappa shape index (κ3) is 1.80. The minimum Gasteiger partial charge on any atom is -0.496 e. The van der Waals surface area contributed by atoms with Crippen molar-refractivity contribution in [3.8, 4) is 5.75 Å². The Hall–Kier alpha value is -1.77. The highest BCUT2D eigenvalue weighted by Gasteiger charge is 2.24. The first kappa shape index (κ1) is 11.3. The van der Waals surface area contributed by atoms with Crippen molar-refractivity contribution >= 4 is 0 Å². The summed E-state index contributed by atoms with van der Waals surface area (Å²) in [7, 11) is 1.74. The summed E-state index contributed by atoms with van der Waals surface area (Å²) in [5, 5.41) is 0. The summed E-state index contributed by atoms with van der Waals surface area (Å²) in [6.45, 7) is 2.11. The van der Waals surface area contributed by atoms with E-state index in [0.717, 1.165) is 24.4 Å². The molecule has 0 amide bonds. The Bertz CT molecular complexity index is 546. The normalized spacial score (nSPS) is 18.4. The molecule has 1 N–H and O–H groups in total. The SMILES string of the molecule is COc1cc2c(cc1C)CCCC2c1ncc[nH]1. The van der Waals surface area contributed by atoms with Crippen molar-refractivity contribution in [2.24, 2.45) is 0 Å². The molecule has 0 bridgehead atoms. The van der Waals surface area contributed by atoms with Crippen LogP contribution >= 0.6 is 0 Å². The first-order valence-electron chi connectivity index (χ1n) is 6.46.